The van der Waals surface area contributed by atoms with Gasteiger partial charge in [-0.2, -0.15) is 0 Å². The Morgan fingerprint density at radius 2 is 1.59 bits per heavy atom. The fourth-order valence-electron chi connectivity index (χ4n) is 3.72. The average Bonchev–Trinajstić information content (AvgIpc) is 3.26. The third-order valence-electron chi connectivity index (χ3n) is 5.30. The summed E-state index contributed by atoms with van der Waals surface area (Å²) in [7, 11) is 3.03. The second-order valence-corrected chi connectivity index (χ2v) is 7.26. The van der Waals surface area contributed by atoms with Crippen LogP contribution in [0, 0.1) is 0 Å². The molecule has 6 heteroatoms. The molecule has 5 rings (SSSR count). The van der Waals surface area contributed by atoms with E-state index in [1.54, 1.807) is 36.4 Å². The normalized spacial score (nSPS) is 10.9. The number of rotatable bonds is 5. The van der Waals surface area contributed by atoms with Crippen molar-refractivity contribution in [3.8, 4) is 23.0 Å². The Kier molecular flexibility index (Phi) is 4.95. The summed E-state index contributed by atoms with van der Waals surface area (Å²) >= 11 is 0. The Bertz CT molecular complexity index is 1430. The van der Waals surface area contributed by atoms with E-state index in [1.165, 1.54) is 14.2 Å². The van der Waals surface area contributed by atoms with E-state index in [0.29, 0.717) is 39.7 Å². The minimum absolute atomic E-state index is 0.328. The van der Waals surface area contributed by atoms with Gasteiger partial charge in [-0.05, 0) is 53.2 Å². The molecule has 1 amide bonds. The zero-order valence-electron chi connectivity index (χ0n) is 17.6. The lowest BCUT2D eigenvalue weighted by molar-refractivity contribution is 0.102. The van der Waals surface area contributed by atoms with Gasteiger partial charge in [0.05, 0.1) is 14.2 Å². The Morgan fingerprint density at radius 3 is 2.34 bits per heavy atom. The number of benzene rings is 4. The number of fused-ring (bicyclic) bond motifs is 2. The second-order valence-electron chi connectivity index (χ2n) is 7.26. The first-order chi connectivity index (χ1) is 15.7. The monoisotopic (exact) mass is 424 g/mol. The van der Waals surface area contributed by atoms with Gasteiger partial charge in [-0.1, -0.05) is 36.4 Å². The zero-order chi connectivity index (χ0) is 22.1. The average molecular weight is 424 g/mol. The molecule has 1 N–H and O–H groups in total. The highest BCUT2D eigenvalue weighted by Gasteiger charge is 2.19. The molecule has 0 saturated heterocycles. The van der Waals surface area contributed by atoms with E-state index in [9.17, 15) is 4.79 Å². The van der Waals surface area contributed by atoms with Gasteiger partial charge in [0, 0.05) is 11.3 Å². The number of methoxy groups -OCH3 is 2. The molecule has 0 unspecified atom stereocenters. The number of ether oxygens (including phenoxy) is 2. The number of nitrogens with one attached hydrogen (secondary N) is 1. The van der Waals surface area contributed by atoms with E-state index in [0.717, 1.165) is 16.3 Å². The van der Waals surface area contributed by atoms with Gasteiger partial charge in [-0.25, -0.2) is 4.98 Å². The molecule has 0 spiro atoms. The van der Waals surface area contributed by atoms with Crippen LogP contribution in [0.1, 0.15) is 10.4 Å². The smallest absolute Gasteiger partial charge is 0.263 e. The Hall–Kier alpha value is -4.32. The van der Waals surface area contributed by atoms with Crippen molar-refractivity contribution >= 4 is 33.5 Å². The lowest BCUT2D eigenvalue weighted by atomic mass is 10.1. The van der Waals surface area contributed by atoms with E-state index in [-0.39, 0.29) is 5.91 Å². The van der Waals surface area contributed by atoms with Gasteiger partial charge in [-0.3, -0.25) is 4.79 Å². The van der Waals surface area contributed by atoms with E-state index >= 15 is 0 Å². The van der Waals surface area contributed by atoms with Gasteiger partial charge < -0.3 is 19.2 Å². The lowest BCUT2D eigenvalue weighted by Gasteiger charge is -2.12. The van der Waals surface area contributed by atoms with Crippen molar-refractivity contribution in [3.63, 3.8) is 0 Å². The van der Waals surface area contributed by atoms with E-state index in [1.807, 2.05) is 24.3 Å². The Balaban J connectivity index is 1.46. The van der Waals surface area contributed by atoms with Gasteiger partial charge in [0.25, 0.3) is 5.91 Å². The maximum atomic E-state index is 12.9. The van der Waals surface area contributed by atoms with Crippen molar-refractivity contribution in [3.05, 3.63) is 84.4 Å². The molecule has 1 heterocycles. The third-order valence-corrected chi connectivity index (χ3v) is 5.30. The van der Waals surface area contributed by atoms with Gasteiger partial charge in [0.1, 0.15) is 22.6 Å². The lowest BCUT2D eigenvalue weighted by Crippen LogP contribution is -2.14. The Morgan fingerprint density at radius 1 is 0.844 bits per heavy atom. The fourth-order valence-corrected chi connectivity index (χ4v) is 3.72. The SMILES string of the molecule is COc1cccc(OC)c1C(=O)Nc1ccc2oc(-c3ccc4ccccc4c3)nc2c1. The first-order valence-corrected chi connectivity index (χ1v) is 10.1. The molecule has 6 nitrogen and oxygen atoms in total. The molecule has 4 aromatic carbocycles. The molecule has 0 bridgehead atoms. The molecule has 0 saturated carbocycles. The minimum Gasteiger partial charge on any atom is -0.496 e. The standard InChI is InChI=1S/C26H20N2O4/c1-30-22-8-5-9-23(31-2)24(22)25(29)27-19-12-13-21-20(15-19)28-26(32-21)18-11-10-16-6-3-4-7-17(16)14-18/h3-15H,1-2H3,(H,27,29). The molecule has 1 aromatic heterocycles. The van der Waals surface area contributed by atoms with Crippen LogP contribution in [0.15, 0.2) is 83.3 Å². The van der Waals surface area contributed by atoms with E-state index in [2.05, 4.69) is 28.5 Å². The number of carbonyl (C=O) groups is 1. The maximum Gasteiger partial charge on any atom is 0.263 e. The number of anilines is 1. The van der Waals surface area contributed by atoms with Crippen molar-refractivity contribution in [2.75, 3.05) is 19.5 Å². The Labute approximate surface area is 184 Å². The summed E-state index contributed by atoms with van der Waals surface area (Å²) < 4.78 is 16.6. The van der Waals surface area contributed by atoms with Gasteiger partial charge in [-0.15, -0.1) is 0 Å². The molecule has 0 aliphatic heterocycles. The van der Waals surface area contributed by atoms with Crippen LogP contribution in [0.3, 0.4) is 0 Å². The van der Waals surface area contributed by atoms with Crippen molar-refractivity contribution < 1.29 is 18.7 Å². The molecule has 5 aromatic rings. The van der Waals surface area contributed by atoms with Gasteiger partial charge >= 0.3 is 0 Å². The van der Waals surface area contributed by atoms with Crippen LogP contribution >= 0.6 is 0 Å². The van der Waals surface area contributed by atoms with Crippen molar-refractivity contribution in [2.45, 2.75) is 0 Å². The van der Waals surface area contributed by atoms with Crippen LogP contribution in [0.5, 0.6) is 11.5 Å². The summed E-state index contributed by atoms with van der Waals surface area (Å²) in [5.41, 5.74) is 3.10. The molecule has 0 fully saturated rings. The number of oxazole rings is 1. The number of carbonyl (C=O) groups excluding carboxylic acids is 1. The number of aromatic nitrogens is 1. The molecule has 0 radical (unpaired) electrons. The van der Waals surface area contributed by atoms with Crippen molar-refractivity contribution in [1.29, 1.82) is 0 Å². The van der Waals surface area contributed by atoms with Crippen LogP contribution in [-0.2, 0) is 0 Å². The van der Waals surface area contributed by atoms with E-state index in [4.69, 9.17) is 13.9 Å². The molecule has 0 aliphatic carbocycles. The second kappa shape index (κ2) is 8.07. The van der Waals surface area contributed by atoms with Crippen molar-refractivity contribution in [1.82, 2.24) is 4.98 Å². The third kappa shape index (κ3) is 3.52. The highest BCUT2D eigenvalue weighted by molar-refractivity contribution is 6.08. The van der Waals surface area contributed by atoms with Crippen molar-refractivity contribution in [2.24, 2.45) is 0 Å². The largest absolute Gasteiger partial charge is 0.496 e. The summed E-state index contributed by atoms with van der Waals surface area (Å²) in [5, 5.41) is 5.17. The van der Waals surface area contributed by atoms with Crippen LogP contribution in [-0.4, -0.2) is 25.1 Å². The first-order valence-electron chi connectivity index (χ1n) is 10.1. The number of hydrogen-bond donors (Lipinski definition) is 1. The highest BCUT2D eigenvalue weighted by atomic mass is 16.5. The minimum atomic E-state index is -0.336. The first kappa shape index (κ1) is 19.6. The fraction of sp³-hybridized carbons (Fsp3) is 0.0769. The van der Waals surface area contributed by atoms with Gasteiger partial charge in [0.2, 0.25) is 5.89 Å². The summed E-state index contributed by atoms with van der Waals surface area (Å²) in [5.74, 6) is 1.06. The molecular formula is C26H20N2O4. The summed E-state index contributed by atoms with van der Waals surface area (Å²) in [4.78, 5) is 17.6. The summed E-state index contributed by atoms with van der Waals surface area (Å²) in [6.07, 6.45) is 0. The summed E-state index contributed by atoms with van der Waals surface area (Å²) in [6, 6.07) is 24.8. The molecular weight excluding hydrogens is 404 g/mol. The predicted molar refractivity (Wildman–Crippen MR) is 124 cm³/mol. The van der Waals surface area contributed by atoms with Crippen LogP contribution < -0.4 is 14.8 Å². The highest BCUT2D eigenvalue weighted by Crippen LogP contribution is 2.31. The predicted octanol–water partition coefficient (Wildman–Crippen LogP) is 5.92. The zero-order valence-corrected chi connectivity index (χ0v) is 17.6. The van der Waals surface area contributed by atoms with Crippen LogP contribution in [0.25, 0.3) is 33.3 Å². The molecule has 32 heavy (non-hydrogen) atoms. The molecule has 0 atom stereocenters. The van der Waals surface area contributed by atoms with Crippen LogP contribution in [0.4, 0.5) is 5.69 Å². The summed E-state index contributed by atoms with van der Waals surface area (Å²) in [6.45, 7) is 0. The molecule has 158 valence electrons. The van der Waals surface area contributed by atoms with Crippen LogP contribution in [0.2, 0.25) is 0 Å². The van der Waals surface area contributed by atoms with E-state index < -0.39 is 0 Å². The molecule has 0 aliphatic rings. The number of amides is 1. The topological polar surface area (TPSA) is 73.6 Å². The van der Waals surface area contributed by atoms with Gasteiger partial charge in [0.15, 0.2) is 5.58 Å². The maximum absolute atomic E-state index is 12.9. The number of hydrogen-bond acceptors (Lipinski definition) is 5. The quantitative estimate of drug-likeness (QED) is 0.379. The number of nitrogens with zero attached hydrogens (tertiary/aromatic N) is 1.